The van der Waals surface area contributed by atoms with E-state index in [2.05, 4.69) is 5.32 Å². The zero-order valence-corrected chi connectivity index (χ0v) is 13.7. The second-order valence-corrected chi connectivity index (χ2v) is 5.55. The van der Waals surface area contributed by atoms with Gasteiger partial charge >= 0.3 is 0 Å². The van der Waals surface area contributed by atoms with Crippen molar-refractivity contribution in [3.8, 4) is 0 Å². The van der Waals surface area contributed by atoms with E-state index in [0.717, 1.165) is 19.4 Å². The molecular formula is C15H22ClN3O3. The lowest BCUT2D eigenvalue weighted by Gasteiger charge is -2.32. The summed E-state index contributed by atoms with van der Waals surface area (Å²) >= 11 is 0. The minimum Gasteiger partial charge on any atom is -0.338 e. The van der Waals surface area contributed by atoms with Crippen LogP contribution in [0, 0.1) is 23.0 Å². The summed E-state index contributed by atoms with van der Waals surface area (Å²) < 4.78 is 0. The Morgan fingerprint density at radius 2 is 2.23 bits per heavy atom. The first-order chi connectivity index (χ1) is 10.0. The van der Waals surface area contributed by atoms with Gasteiger partial charge in [-0.3, -0.25) is 14.9 Å². The van der Waals surface area contributed by atoms with E-state index in [4.69, 9.17) is 0 Å². The number of nitro benzene ring substituents is 1. The fourth-order valence-corrected chi connectivity index (χ4v) is 2.95. The Bertz CT molecular complexity index is 549. The molecule has 0 bridgehead atoms. The highest BCUT2D eigenvalue weighted by molar-refractivity contribution is 5.98. The van der Waals surface area contributed by atoms with Gasteiger partial charge in [-0.2, -0.15) is 0 Å². The van der Waals surface area contributed by atoms with Gasteiger partial charge < -0.3 is 10.2 Å². The van der Waals surface area contributed by atoms with Crippen LogP contribution in [0.25, 0.3) is 0 Å². The number of halogens is 1. The summed E-state index contributed by atoms with van der Waals surface area (Å²) in [6.07, 6.45) is 2.03. The van der Waals surface area contributed by atoms with E-state index < -0.39 is 4.92 Å². The van der Waals surface area contributed by atoms with Crippen LogP contribution in [0.4, 0.5) is 5.69 Å². The summed E-state index contributed by atoms with van der Waals surface area (Å²) in [4.78, 5) is 25.1. The molecule has 1 unspecified atom stereocenters. The number of amides is 1. The Morgan fingerprint density at radius 3 is 2.86 bits per heavy atom. The van der Waals surface area contributed by atoms with Crippen molar-refractivity contribution in [2.24, 2.45) is 5.92 Å². The van der Waals surface area contributed by atoms with E-state index in [1.807, 2.05) is 7.05 Å². The number of para-hydroxylation sites is 1. The van der Waals surface area contributed by atoms with Crippen molar-refractivity contribution in [3.63, 3.8) is 0 Å². The first kappa shape index (κ1) is 18.4. The molecule has 1 saturated heterocycles. The van der Waals surface area contributed by atoms with Gasteiger partial charge in [0.25, 0.3) is 11.6 Å². The second kappa shape index (κ2) is 8.10. The van der Waals surface area contributed by atoms with Crippen molar-refractivity contribution in [1.82, 2.24) is 10.2 Å². The number of carbonyl (C=O) groups is 1. The molecule has 1 amide bonds. The van der Waals surface area contributed by atoms with Gasteiger partial charge in [0, 0.05) is 18.7 Å². The van der Waals surface area contributed by atoms with Crippen molar-refractivity contribution in [2.45, 2.75) is 19.8 Å². The molecule has 1 fully saturated rings. The molecule has 1 aliphatic rings. The van der Waals surface area contributed by atoms with Crippen LogP contribution in [-0.2, 0) is 0 Å². The normalized spacial score (nSPS) is 17.7. The SMILES string of the molecule is CNCC1CCCN(C(=O)c2cccc(C)c2[N+](=O)[O-])C1.Cl. The number of aryl methyl sites for hydroxylation is 1. The van der Waals surface area contributed by atoms with Crippen LogP contribution in [0.1, 0.15) is 28.8 Å². The quantitative estimate of drug-likeness (QED) is 0.680. The highest BCUT2D eigenvalue weighted by atomic mass is 35.5. The standard InChI is InChI=1S/C15H21N3O3.ClH/c1-11-5-3-7-13(14(11)18(20)21)15(19)17-8-4-6-12(10-17)9-16-2;/h3,5,7,12,16H,4,6,8-10H2,1-2H3;1H. The minimum atomic E-state index is -0.461. The van der Waals surface area contributed by atoms with Crippen molar-refractivity contribution in [1.29, 1.82) is 0 Å². The van der Waals surface area contributed by atoms with Crippen molar-refractivity contribution in [3.05, 3.63) is 39.4 Å². The summed E-state index contributed by atoms with van der Waals surface area (Å²) in [5.74, 6) is 0.183. The number of likely N-dealkylation sites (tertiary alicyclic amines) is 1. The lowest BCUT2D eigenvalue weighted by Crippen LogP contribution is -2.42. The third-order valence-electron chi connectivity index (χ3n) is 3.95. The molecular weight excluding hydrogens is 306 g/mol. The zero-order valence-electron chi connectivity index (χ0n) is 12.9. The lowest BCUT2D eigenvalue weighted by molar-refractivity contribution is -0.385. The third-order valence-corrected chi connectivity index (χ3v) is 3.95. The molecule has 1 aromatic rings. The largest absolute Gasteiger partial charge is 0.338 e. The zero-order chi connectivity index (χ0) is 15.4. The highest BCUT2D eigenvalue weighted by Crippen LogP contribution is 2.26. The lowest BCUT2D eigenvalue weighted by atomic mass is 9.97. The average Bonchev–Trinajstić information content (AvgIpc) is 2.46. The summed E-state index contributed by atoms with van der Waals surface area (Å²) in [6, 6.07) is 4.91. The topological polar surface area (TPSA) is 75.5 Å². The molecule has 0 aliphatic carbocycles. The fourth-order valence-electron chi connectivity index (χ4n) is 2.95. The Morgan fingerprint density at radius 1 is 1.50 bits per heavy atom. The molecule has 122 valence electrons. The van der Waals surface area contributed by atoms with E-state index in [0.29, 0.717) is 24.6 Å². The first-order valence-corrected chi connectivity index (χ1v) is 7.22. The highest BCUT2D eigenvalue weighted by Gasteiger charge is 2.29. The van der Waals surface area contributed by atoms with Gasteiger partial charge in [-0.25, -0.2) is 0 Å². The van der Waals surface area contributed by atoms with E-state index in [-0.39, 0.29) is 29.6 Å². The maximum absolute atomic E-state index is 12.6. The second-order valence-electron chi connectivity index (χ2n) is 5.55. The van der Waals surface area contributed by atoms with Crippen LogP contribution >= 0.6 is 12.4 Å². The average molecular weight is 328 g/mol. The maximum atomic E-state index is 12.6. The molecule has 0 saturated carbocycles. The Balaban J connectivity index is 0.00000242. The molecule has 1 aromatic carbocycles. The molecule has 22 heavy (non-hydrogen) atoms. The predicted octanol–water partition coefficient (Wildman–Crippen LogP) is 2.40. The molecule has 2 rings (SSSR count). The number of rotatable bonds is 4. The van der Waals surface area contributed by atoms with Crippen LogP contribution < -0.4 is 5.32 Å². The maximum Gasteiger partial charge on any atom is 0.285 e. The van der Waals surface area contributed by atoms with Gasteiger partial charge in [0.15, 0.2) is 0 Å². The molecule has 0 spiro atoms. The molecule has 6 nitrogen and oxygen atoms in total. The molecule has 0 aromatic heterocycles. The summed E-state index contributed by atoms with van der Waals surface area (Å²) in [6.45, 7) is 3.85. The smallest absolute Gasteiger partial charge is 0.285 e. The molecule has 1 aliphatic heterocycles. The van der Waals surface area contributed by atoms with Gasteiger partial charge in [-0.05, 0) is 45.3 Å². The van der Waals surface area contributed by atoms with Crippen molar-refractivity contribution < 1.29 is 9.72 Å². The predicted molar refractivity (Wildman–Crippen MR) is 87.6 cm³/mol. The minimum absolute atomic E-state index is 0. The summed E-state index contributed by atoms with van der Waals surface area (Å²) in [5, 5.41) is 14.4. The van der Waals surface area contributed by atoms with Crippen molar-refractivity contribution in [2.75, 3.05) is 26.7 Å². The summed E-state index contributed by atoms with van der Waals surface area (Å²) in [7, 11) is 1.90. The van der Waals surface area contributed by atoms with Gasteiger partial charge in [0.1, 0.15) is 5.56 Å². The van der Waals surface area contributed by atoms with Gasteiger partial charge in [0.05, 0.1) is 4.92 Å². The van der Waals surface area contributed by atoms with Crippen LogP contribution in [0.2, 0.25) is 0 Å². The molecule has 1 N–H and O–H groups in total. The van der Waals surface area contributed by atoms with Crippen LogP contribution in [0.3, 0.4) is 0 Å². The summed E-state index contributed by atoms with van der Waals surface area (Å²) in [5.41, 5.74) is 0.651. The monoisotopic (exact) mass is 327 g/mol. The number of piperidine rings is 1. The van der Waals surface area contributed by atoms with E-state index in [9.17, 15) is 14.9 Å². The number of benzene rings is 1. The van der Waals surface area contributed by atoms with Crippen LogP contribution in [0.15, 0.2) is 18.2 Å². The van der Waals surface area contributed by atoms with Gasteiger partial charge in [0.2, 0.25) is 0 Å². The number of nitrogens with zero attached hydrogens (tertiary/aromatic N) is 2. The third kappa shape index (κ3) is 3.96. The first-order valence-electron chi connectivity index (χ1n) is 7.22. The number of nitro groups is 1. The van der Waals surface area contributed by atoms with Gasteiger partial charge in [-0.15, -0.1) is 12.4 Å². The molecule has 7 heteroatoms. The van der Waals surface area contributed by atoms with Crippen molar-refractivity contribution >= 4 is 24.0 Å². The molecule has 1 heterocycles. The van der Waals surface area contributed by atoms with E-state index in [1.54, 1.807) is 30.0 Å². The number of hydrogen-bond acceptors (Lipinski definition) is 4. The Labute approximate surface area is 136 Å². The van der Waals surface area contributed by atoms with E-state index >= 15 is 0 Å². The van der Waals surface area contributed by atoms with Crippen LogP contribution in [0.5, 0.6) is 0 Å². The fraction of sp³-hybridized carbons (Fsp3) is 0.533. The Hall–Kier alpha value is -1.66. The molecule has 1 atom stereocenters. The number of hydrogen-bond donors (Lipinski definition) is 1. The van der Waals surface area contributed by atoms with Crippen LogP contribution in [-0.4, -0.2) is 42.4 Å². The number of carbonyl (C=O) groups excluding carboxylic acids is 1. The van der Waals surface area contributed by atoms with Gasteiger partial charge in [-0.1, -0.05) is 12.1 Å². The Kier molecular flexibility index (Phi) is 6.77. The number of nitrogens with one attached hydrogen (secondary N) is 1. The van der Waals surface area contributed by atoms with E-state index in [1.165, 1.54) is 0 Å². The molecule has 0 radical (unpaired) electrons.